The van der Waals surface area contributed by atoms with Crippen molar-refractivity contribution in [2.75, 3.05) is 10.2 Å². The number of nitrogens with one attached hydrogen (secondary N) is 1. The van der Waals surface area contributed by atoms with Gasteiger partial charge in [0.05, 0.1) is 17.9 Å². The smallest absolute Gasteiger partial charge is 0.231 e. The number of nitrogens with zero attached hydrogens (tertiary/aromatic N) is 2. The van der Waals surface area contributed by atoms with Gasteiger partial charge in [-0.05, 0) is 42.9 Å². The Morgan fingerprint density at radius 2 is 2.00 bits per heavy atom. The van der Waals surface area contributed by atoms with Crippen molar-refractivity contribution in [3.63, 3.8) is 0 Å². The Bertz CT molecular complexity index is 810. The summed E-state index contributed by atoms with van der Waals surface area (Å²) < 4.78 is 0. The van der Waals surface area contributed by atoms with E-state index in [4.69, 9.17) is 0 Å². The zero-order chi connectivity index (χ0) is 16.1. The fourth-order valence-corrected chi connectivity index (χ4v) is 4.59. The molecule has 4 heteroatoms. The number of fused-ring (bicyclic) bond motifs is 2. The number of anilines is 3. The van der Waals surface area contributed by atoms with Crippen LogP contribution in [0.3, 0.4) is 0 Å². The number of carbonyl (C=O) groups is 1. The molecule has 0 saturated heterocycles. The second-order valence-electron chi connectivity index (χ2n) is 7.40. The largest absolute Gasteiger partial charge is 0.338 e. The zero-order valence-electron chi connectivity index (χ0n) is 13.7. The van der Waals surface area contributed by atoms with Crippen LogP contribution in [0.25, 0.3) is 0 Å². The summed E-state index contributed by atoms with van der Waals surface area (Å²) in [6.45, 7) is 0.596. The summed E-state index contributed by atoms with van der Waals surface area (Å²) in [6, 6.07) is 12.1. The van der Waals surface area contributed by atoms with Gasteiger partial charge < -0.3 is 10.2 Å². The molecular weight excluding hydrogens is 298 g/mol. The van der Waals surface area contributed by atoms with Crippen LogP contribution in [0, 0.1) is 11.3 Å². The van der Waals surface area contributed by atoms with Crippen molar-refractivity contribution >= 4 is 23.1 Å². The Balaban J connectivity index is 1.54. The molecule has 1 aliphatic heterocycles. The average Bonchev–Trinajstić information content (AvgIpc) is 3.17. The van der Waals surface area contributed by atoms with E-state index in [9.17, 15) is 4.79 Å². The minimum Gasteiger partial charge on any atom is -0.338 e. The maximum atomic E-state index is 13.3. The summed E-state index contributed by atoms with van der Waals surface area (Å²) in [5.41, 5.74) is 3.33. The molecule has 1 atom stereocenters. The fraction of sp³-hybridized carbons (Fsp3) is 0.400. The van der Waals surface area contributed by atoms with Gasteiger partial charge in [0, 0.05) is 17.7 Å². The first-order valence-electron chi connectivity index (χ1n) is 8.88. The second kappa shape index (κ2) is 5.07. The number of carbonyl (C=O) groups excluding carboxylic acids is 1. The van der Waals surface area contributed by atoms with Crippen LogP contribution in [0.2, 0.25) is 0 Å². The van der Waals surface area contributed by atoms with Crippen molar-refractivity contribution in [2.45, 2.75) is 38.6 Å². The van der Waals surface area contributed by atoms with E-state index >= 15 is 0 Å². The highest BCUT2D eigenvalue weighted by Crippen LogP contribution is 2.63. The summed E-state index contributed by atoms with van der Waals surface area (Å²) in [5, 5.41) is 3.40. The Labute approximate surface area is 141 Å². The second-order valence-corrected chi connectivity index (χ2v) is 7.40. The monoisotopic (exact) mass is 319 g/mol. The number of hydrogen-bond donors (Lipinski definition) is 1. The predicted octanol–water partition coefficient (Wildman–Crippen LogP) is 4.25. The predicted molar refractivity (Wildman–Crippen MR) is 94.2 cm³/mol. The highest BCUT2D eigenvalue weighted by Gasteiger charge is 2.59. The van der Waals surface area contributed by atoms with E-state index in [0.29, 0.717) is 17.9 Å². The molecule has 2 aliphatic carbocycles. The molecule has 2 aromatic rings. The number of para-hydroxylation sites is 2. The standard InChI is InChI=1S/C20H21N3O/c24-19(15-12-20(15)9-3-4-10-20)23-13-14-6-5-11-21-18(14)22-16-7-1-2-8-17(16)23/h1-2,5-8,11,15H,3-4,9-10,12-13H2,(H,21,22). The average molecular weight is 319 g/mol. The van der Waals surface area contributed by atoms with Crippen LogP contribution in [0.4, 0.5) is 17.2 Å². The van der Waals surface area contributed by atoms with Gasteiger partial charge in [0.15, 0.2) is 0 Å². The van der Waals surface area contributed by atoms with Gasteiger partial charge in [0.2, 0.25) is 5.91 Å². The lowest BCUT2D eigenvalue weighted by atomic mass is 10.0. The Morgan fingerprint density at radius 3 is 2.88 bits per heavy atom. The molecule has 0 radical (unpaired) electrons. The highest BCUT2D eigenvalue weighted by molar-refractivity contribution is 6.01. The lowest BCUT2D eigenvalue weighted by Gasteiger charge is -2.24. The van der Waals surface area contributed by atoms with Crippen LogP contribution >= 0.6 is 0 Å². The Hall–Kier alpha value is -2.36. The quantitative estimate of drug-likeness (QED) is 0.854. The molecule has 2 heterocycles. The zero-order valence-corrected chi connectivity index (χ0v) is 13.7. The van der Waals surface area contributed by atoms with Crippen molar-refractivity contribution in [1.29, 1.82) is 0 Å². The third-order valence-corrected chi connectivity index (χ3v) is 6.02. The van der Waals surface area contributed by atoms with Gasteiger partial charge in [-0.3, -0.25) is 4.79 Å². The lowest BCUT2D eigenvalue weighted by Crippen LogP contribution is -2.32. The highest BCUT2D eigenvalue weighted by atomic mass is 16.2. The van der Waals surface area contributed by atoms with E-state index in [1.54, 1.807) is 6.20 Å². The van der Waals surface area contributed by atoms with Gasteiger partial charge in [-0.15, -0.1) is 0 Å². The van der Waals surface area contributed by atoms with Crippen molar-refractivity contribution in [3.8, 4) is 0 Å². The van der Waals surface area contributed by atoms with E-state index < -0.39 is 0 Å². The number of aromatic nitrogens is 1. The van der Waals surface area contributed by atoms with Crippen molar-refractivity contribution in [1.82, 2.24) is 4.98 Å². The molecule has 1 aromatic carbocycles. The van der Waals surface area contributed by atoms with Gasteiger partial charge in [-0.1, -0.05) is 31.0 Å². The van der Waals surface area contributed by atoms with Gasteiger partial charge >= 0.3 is 0 Å². The Morgan fingerprint density at radius 1 is 1.17 bits per heavy atom. The van der Waals surface area contributed by atoms with Gasteiger partial charge in [-0.2, -0.15) is 0 Å². The number of hydrogen-bond acceptors (Lipinski definition) is 3. The van der Waals surface area contributed by atoms with E-state index in [1.165, 1.54) is 25.7 Å². The molecule has 1 N–H and O–H groups in total. The summed E-state index contributed by atoms with van der Waals surface area (Å²) >= 11 is 0. The molecule has 122 valence electrons. The molecule has 1 aromatic heterocycles. The molecule has 0 bridgehead atoms. The molecule has 3 aliphatic rings. The minimum absolute atomic E-state index is 0.214. The maximum Gasteiger partial charge on any atom is 0.231 e. The van der Waals surface area contributed by atoms with Gasteiger partial charge in [0.25, 0.3) is 0 Å². The molecule has 1 amide bonds. The lowest BCUT2D eigenvalue weighted by molar-refractivity contribution is -0.120. The first-order valence-corrected chi connectivity index (χ1v) is 8.88. The van der Waals surface area contributed by atoms with Gasteiger partial charge in [-0.25, -0.2) is 4.98 Å². The summed E-state index contributed by atoms with van der Waals surface area (Å²) in [5.74, 6) is 1.36. The summed E-state index contributed by atoms with van der Waals surface area (Å²) in [7, 11) is 0. The summed E-state index contributed by atoms with van der Waals surface area (Å²) in [6.07, 6.45) is 7.91. The maximum absolute atomic E-state index is 13.3. The minimum atomic E-state index is 0.214. The molecule has 2 saturated carbocycles. The molecule has 4 nitrogen and oxygen atoms in total. The molecule has 2 fully saturated rings. The third kappa shape index (κ3) is 2.05. The number of amides is 1. The SMILES string of the molecule is O=C(C1CC12CCCC2)N1Cc2cccnc2Nc2ccccc21. The summed E-state index contributed by atoms with van der Waals surface area (Å²) in [4.78, 5) is 19.8. The van der Waals surface area contributed by atoms with Crippen LogP contribution in [0.1, 0.15) is 37.7 Å². The number of rotatable bonds is 1. The topological polar surface area (TPSA) is 45.2 Å². The first-order chi connectivity index (χ1) is 11.8. The number of pyridine rings is 1. The molecule has 24 heavy (non-hydrogen) atoms. The van der Waals surface area contributed by atoms with Crippen LogP contribution < -0.4 is 10.2 Å². The van der Waals surface area contributed by atoms with Crippen molar-refractivity contribution < 1.29 is 4.79 Å². The fourth-order valence-electron chi connectivity index (χ4n) is 4.59. The van der Waals surface area contributed by atoms with E-state index in [1.807, 2.05) is 35.2 Å². The van der Waals surface area contributed by atoms with Crippen LogP contribution in [-0.4, -0.2) is 10.9 Å². The number of benzene rings is 1. The van der Waals surface area contributed by atoms with Crippen molar-refractivity contribution in [3.05, 3.63) is 48.2 Å². The molecule has 1 unspecified atom stereocenters. The first kappa shape index (κ1) is 14.0. The van der Waals surface area contributed by atoms with Crippen LogP contribution in [0.15, 0.2) is 42.6 Å². The van der Waals surface area contributed by atoms with Crippen molar-refractivity contribution in [2.24, 2.45) is 11.3 Å². The molecule has 1 spiro atoms. The van der Waals surface area contributed by atoms with E-state index in [-0.39, 0.29) is 5.92 Å². The Kier molecular flexibility index (Phi) is 2.96. The van der Waals surface area contributed by atoms with Crippen LogP contribution in [-0.2, 0) is 11.3 Å². The van der Waals surface area contributed by atoms with Crippen LogP contribution in [0.5, 0.6) is 0 Å². The molecular formula is C20H21N3O. The van der Waals surface area contributed by atoms with Gasteiger partial charge in [0.1, 0.15) is 5.82 Å². The van der Waals surface area contributed by atoms with E-state index in [0.717, 1.165) is 29.2 Å². The molecule has 5 rings (SSSR count). The van der Waals surface area contributed by atoms with E-state index in [2.05, 4.69) is 16.4 Å². The normalized spacial score (nSPS) is 23.2. The third-order valence-electron chi connectivity index (χ3n) is 6.02.